The summed E-state index contributed by atoms with van der Waals surface area (Å²) in [6.07, 6.45) is 1.42. The SMILES string of the molecule is Cc1sc2nc(SCC(=O)Nc3c(C#N)cnn3-c3ccccc3)n(C(C)C)c(=O)c2c1C. The number of aromatic nitrogens is 4. The number of thioether (sulfide) groups is 1. The van der Waals surface area contributed by atoms with Gasteiger partial charge in [-0.1, -0.05) is 30.0 Å². The van der Waals surface area contributed by atoms with Crippen molar-refractivity contribution in [3.8, 4) is 11.8 Å². The number of aryl methyl sites for hydroxylation is 2. The molecule has 10 heteroatoms. The fourth-order valence-corrected chi connectivity index (χ4v) is 5.46. The van der Waals surface area contributed by atoms with Crippen LogP contribution in [0.4, 0.5) is 5.82 Å². The molecule has 1 N–H and O–H groups in total. The largest absolute Gasteiger partial charge is 0.309 e. The van der Waals surface area contributed by atoms with Gasteiger partial charge in [0.05, 0.1) is 23.0 Å². The van der Waals surface area contributed by atoms with Crippen molar-refractivity contribution in [1.29, 1.82) is 5.26 Å². The molecule has 168 valence electrons. The molecule has 0 aliphatic carbocycles. The average Bonchev–Trinajstić information content (AvgIpc) is 3.32. The maximum absolute atomic E-state index is 13.2. The van der Waals surface area contributed by atoms with Crippen molar-refractivity contribution in [2.24, 2.45) is 0 Å². The minimum atomic E-state index is -0.322. The van der Waals surface area contributed by atoms with Gasteiger partial charge in [-0.15, -0.1) is 11.3 Å². The van der Waals surface area contributed by atoms with Gasteiger partial charge in [-0.25, -0.2) is 9.67 Å². The highest BCUT2D eigenvalue weighted by molar-refractivity contribution is 7.99. The average molecular weight is 479 g/mol. The van der Waals surface area contributed by atoms with Crippen LogP contribution >= 0.6 is 23.1 Å². The van der Waals surface area contributed by atoms with Gasteiger partial charge in [0.25, 0.3) is 5.56 Å². The number of carbonyl (C=O) groups excluding carboxylic acids is 1. The van der Waals surface area contributed by atoms with Crippen molar-refractivity contribution in [1.82, 2.24) is 19.3 Å². The third-order valence-corrected chi connectivity index (χ3v) is 7.25. The molecule has 4 rings (SSSR count). The van der Waals surface area contributed by atoms with E-state index in [-0.39, 0.29) is 28.8 Å². The van der Waals surface area contributed by atoms with E-state index < -0.39 is 0 Å². The molecule has 0 unspecified atom stereocenters. The van der Waals surface area contributed by atoms with E-state index in [4.69, 9.17) is 4.98 Å². The van der Waals surface area contributed by atoms with Gasteiger partial charge in [0.2, 0.25) is 5.91 Å². The molecular formula is C23H22N6O2S2. The predicted molar refractivity (Wildman–Crippen MR) is 131 cm³/mol. The number of para-hydroxylation sites is 1. The Bertz CT molecular complexity index is 1440. The van der Waals surface area contributed by atoms with Crippen LogP contribution in [0.3, 0.4) is 0 Å². The Morgan fingerprint density at radius 3 is 2.67 bits per heavy atom. The van der Waals surface area contributed by atoms with Crippen molar-refractivity contribution in [2.45, 2.75) is 38.9 Å². The van der Waals surface area contributed by atoms with Crippen LogP contribution in [0.5, 0.6) is 0 Å². The van der Waals surface area contributed by atoms with Crippen LogP contribution in [0, 0.1) is 25.2 Å². The minimum Gasteiger partial charge on any atom is -0.309 e. The van der Waals surface area contributed by atoms with Crippen LogP contribution in [-0.2, 0) is 4.79 Å². The smallest absolute Gasteiger partial charge is 0.263 e. The van der Waals surface area contributed by atoms with Crippen LogP contribution < -0.4 is 10.9 Å². The molecule has 33 heavy (non-hydrogen) atoms. The maximum Gasteiger partial charge on any atom is 0.263 e. The zero-order chi connectivity index (χ0) is 23.7. The molecule has 0 aliphatic rings. The molecular weight excluding hydrogens is 456 g/mol. The van der Waals surface area contributed by atoms with E-state index in [0.29, 0.717) is 21.2 Å². The van der Waals surface area contributed by atoms with Crippen molar-refractivity contribution in [3.63, 3.8) is 0 Å². The molecule has 0 radical (unpaired) electrons. The number of hydrogen-bond donors (Lipinski definition) is 1. The topological polar surface area (TPSA) is 106 Å². The van der Waals surface area contributed by atoms with Crippen LogP contribution in [0.15, 0.2) is 46.5 Å². The second kappa shape index (κ2) is 9.21. The maximum atomic E-state index is 13.2. The van der Waals surface area contributed by atoms with E-state index in [2.05, 4.69) is 16.5 Å². The monoisotopic (exact) mass is 478 g/mol. The third kappa shape index (κ3) is 4.29. The number of thiophene rings is 1. The zero-order valence-corrected chi connectivity index (χ0v) is 20.3. The number of benzene rings is 1. The number of carbonyl (C=O) groups is 1. The minimum absolute atomic E-state index is 0.0266. The lowest BCUT2D eigenvalue weighted by Crippen LogP contribution is -2.26. The van der Waals surface area contributed by atoms with E-state index in [9.17, 15) is 14.9 Å². The van der Waals surface area contributed by atoms with Crippen molar-refractivity contribution < 1.29 is 4.79 Å². The number of hydrogen-bond acceptors (Lipinski definition) is 7. The summed E-state index contributed by atoms with van der Waals surface area (Å²) in [5.74, 6) is 0.0135. The zero-order valence-electron chi connectivity index (χ0n) is 18.6. The number of nitrogens with one attached hydrogen (secondary N) is 1. The Hall–Kier alpha value is -3.42. The molecule has 1 amide bonds. The second-order valence-corrected chi connectivity index (χ2v) is 9.88. The summed E-state index contributed by atoms with van der Waals surface area (Å²) >= 11 is 2.68. The fourth-order valence-electron chi connectivity index (χ4n) is 3.46. The Labute approximate surface area is 198 Å². The lowest BCUT2D eigenvalue weighted by molar-refractivity contribution is -0.113. The summed E-state index contributed by atoms with van der Waals surface area (Å²) < 4.78 is 3.15. The highest BCUT2D eigenvalue weighted by Crippen LogP contribution is 2.29. The van der Waals surface area contributed by atoms with Gasteiger partial charge in [0.1, 0.15) is 16.5 Å². The van der Waals surface area contributed by atoms with Gasteiger partial charge >= 0.3 is 0 Å². The quantitative estimate of drug-likeness (QED) is 0.324. The molecule has 0 saturated carbocycles. The highest BCUT2D eigenvalue weighted by Gasteiger charge is 2.20. The molecule has 3 aromatic heterocycles. The van der Waals surface area contributed by atoms with Crippen LogP contribution in [0.25, 0.3) is 15.9 Å². The van der Waals surface area contributed by atoms with Gasteiger partial charge < -0.3 is 5.32 Å². The molecule has 0 bridgehead atoms. The number of anilines is 1. The molecule has 1 aromatic carbocycles. The van der Waals surface area contributed by atoms with E-state index in [1.165, 1.54) is 34.0 Å². The summed E-state index contributed by atoms with van der Waals surface area (Å²) in [7, 11) is 0. The van der Waals surface area contributed by atoms with E-state index in [1.54, 1.807) is 4.57 Å². The molecule has 0 fully saturated rings. The van der Waals surface area contributed by atoms with Crippen LogP contribution in [0.2, 0.25) is 0 Å². The Morgan fingerprint density at radius 2 is 2.00 bits per heavy atom. The molecule has 3 heterocycles. The first-order chi connectivity index (χ1) is 15.8. The summed E-state index contributed by atoms with van der Waals surface area (Å²) in [4.78, 5) is 32.5. The number of amides is 1. The van der Waals surface area contributed by atoms with E-state index >= 15 is 0 Å². The van der Waals surface area contributed by atoms with Crippen LogP contribution in [-0.4, -0.2) is 31.0 Å². The van der Waals surface area contributed by atoms with Gasteiger partial charge in [-0.3, -0.25) is 14.2 Å². The molecule has 0 saturated heterocycles. The highest BCUT2D eigenvalue weighted by atomic mass is 32.2. The summed E-state index contributed by atoms with van der Waals surface area (Å²) in [6.45, 7) is 7.75. The number of nitrogens with zero attached hydrogens (tertiary/aromatic N) is 5. The third-order valence-electron chi connectivity index (χ3n) is 5.20. The first kappa shape index (κ1) is 22.8. The Morgan fingerprint density at radius 1 is 1.27 bits per heavy atom. The lowest BCUT2D eigenvalue weighted by Gasteiger charge is -2.15. The van der Waals surface area contributed by atoms with E-state index in [1.807, 2.05) is 58.0 Å². The van der Waals surface area contributed by atoms with Crippen molar-refractivity contribution in [3.05, 3.63) is 62.9 Å². The summed E-state index contributed by atoms with van der Waals surface area (Å²) in [5.41, 5.74) is 1.86. The molecule has 8 nitrogen and oxygen atoms in total. The Kier molecular flexibility index (Phi) is 6.35. The fraction of sp³-hybridized carbons (Fsp3) is 0.261. The molecule has 0 aliphatic heterocycles. The standard InChI is InChI=1S/C23H22N6O2S2/c1-13(2)28-22(31)19-14(3)15(4)33-21(19)27-23(28)32-12-18(30)26-20-16(10-24)11-25-29(20)17-8-6-5-7-9-17/h5-9,11,13H,12H2,1-4H3,(H,26,30). The predicted octanol–water partition coefficient (Wildman–Crippen LogP) is 4.44. The van der Waals surface area contributed by atoms with Gasteiger partial charge in [-0.05, 0) is 45.4 Å². The number of nitriles is 1. The normalized spacial score (nSPS) is 11.2. The number of rotatable bonds is 6. The number of fused-ring (bicyclic) bond motifs is 1. The van der Waals surface area contributed by atoms with Crippen molar-refractivity contribution in [2.75, 3.05) is 11.1 Å². The van der Waals surface area contributed by atoms with Gasteiger partial charge in [0.15, 0.2) is 11.0 Å². The second-order valence-electron chi connectivity index (χ2n) is 7.73. The summed E-state index contributed by atoms with van der Waals surface area (Å²) in [6, 6.07) is 11.2. The Balaban J connectivity index is 1.61. The first-order valence-corrected chi connectivity index (χ1v) is 12.1. The summed E-state index contributed by atoms with van der Waals surface area (Å²) in [5, 5.41) is 17.6. The van der Waals surface area contributed by atoms with Gasteiger partial charge in [-0.2, -0.15) is 10.4 Å². The molecule has 4 aromatic rings. The lowest BCUT2D eigenvalue weighted by atomic mass is 10.2. The van der Waals surface area contributed by atoms with E-state index in [0.717, 1.165) is 16.1 Å². The molecule has 0 spiro atoms. The van der Waals surface area contributed by atoms with Crippen molar-refractivity contribution >= 4 is 45.0 Å². The molecule has 0 atom stereocenters. The van der Waals surface area contributed by atoms with Crippen LogP contribution in [0.1, 0.15) is 35.9 Å². The first-order valence-electron chi connectivity index (χ1n) is 10.3. The van der Waals surface area contributed by atoms with Gasteiger partial charge in [0, 0.05) is 10.9 Å².